The first kappa shape index (κ1) is 31.9. The van der Waals surface area contributed by atoms with E-state index >= 15 is 0 Å². The van der Waals surface area contributed by atoms with Crippen LogP contribution in [-0.2, 0) is 23.9 Å². The number of carbonyl (C=O) groups excluding carboxylic acids is 4. The highest BCUT2D eigenvalue weighted by molar-refractivity contribution is 8.03. The van der Waals surface area contributed by atoms with Crippen molar-refractivity contribution in [2.75, 3.05) is 28.9 Å². The minimum atomic E-state index is -1.31. The maximum Gasteiger partial charge on any atom is 0.352 e. The minimum absolute atomic E-state index is 0.0351. The van der Waals surface area contributed by atoms with E-state index in [1.807, 2.05) is 0 Å². The number of hydrazine groups is 2. The number of rotatable bonds is 10. The third-order valence-electron chi connectivity index (χ3n) is 7.11. The van der Waals surface area contributed by atoms with E-state index < -0.39 is 40.9 Å². The number of ether oxygens (including phenoxy) is 1. The Labute approximate surface area is 277 Å². The van der Waals surface area contributed by atoms with Crippen molar-refractivity contribution in [1.29, 1.82) is 0 Å². The predicted molar refractivity (Wildman–Crippen MR) is 170 cm³/mol. The molecule has 6 rings (SSSR count). The minimum Gasteiger partial charge on any atom is -0.504 e. The molecule has 4 aliphatic rings. The van der Waals surface area contributed by atoms with Crippen molar-refractivity contribution in [1.82, 2.24) is 25.4 Å². The number of phenols is 2. The number of aldehydes is 1. The quantitative estimate of drug-likeness (QED) is 0.0765. The van der Waals surface area contributed by atoms with E-state index in [0.717, 1.165) is 27.2 Å². The van der Waals surface area contributed by atoms with Crippen molar-refractivity contribution in [3.8, 4) is 11.5 Å². The van der Waals surface area contributed by atoms with E-state index in [1.54, 1.807) is 24.2 Å². The lowest BCUT2D eigenvalue weighted by Crippen LogP contribution is -2.72. The number of fused-ring (bicyclic) bond motifs is 2. The number of nitrogen functional groups attached to an aromatic ring is 1. The fourth-order valence-electron chi connectivity index (χ4n) is 5.02. The first-order valence-corrected chi connectivity index (χ1v) is 16.4. The largest absolute Gasteiger partial charge is 0.504 e. The smallest absolute Gasteiger partial charge is 0.352 e. The number of thioether (sulfide) groups is 2. The highest BCUT2D eigenvalue weighted by atomic mass is 32.2. The van der Waals surface area contributed by atoms with Crippen LogP contribution in [0.2, 0.25) is 0 Å². The van der Waals surface area contributed by atoms with Crippen molar-refractivity contribution >= 4 is 81.6 Å². The molecule has 1 saturated heterocycles. The summed E-state index contributed by atoms with van der Waals surface area (Å²) in [6.45, 7) is 1.54. The molecule has 1 fully saturated rings. The van der Waals surface area contributed by atoms with Crippen LogP contribution in [-0.4, -0.2) is 101 Å². The van der Waals surface area contributed by atoms with Gasteiger partial charge in [0, 0.05) is 22.6 Å². The van der Waals surface area contributed by atoms with Crippen molar-refractivity contribution in [2.45, 2.75) is 18.3 Å². The first-order chi connectivity index (χ1) is 22.5. The molecule has 1 aromatic heterocycles. The number of aromatic nitrogens is 1. The Kier molecular flexibility index (Phi) is 8.57. The van der Waals surface area contributed by atoms with E-state index in [-0.39, 0.29) is 52.5 Å². The van der Waals surface area contributed by atoms with Gasteiger partial charge in [0.1, 0.15) is 22.9 Å². The van der Waals surface area contributed by atoms with Gasteiger partial charge in [0.15, 0.2) is 29.2 Å². The summed E-state index contributed by atoms with van der Waals surface area (Å²) < 4.78 is 5.31. The van der Waals surface area contributed by atoms with Gasteiger partial charge in [-0.1, -0.05) is 0 Å². The molecule has 244 valence electrons. The molecule has 0 bridgehead atoms. The number of aliphatic imine (C=N–C) groups is 1. The second-order valence-electron chi connectivity index (χ2n) is 10.2. The number of benzene rings is 1. The number of carboxylic acids is 1. The third-order valence-corrected chi connectivity index (χ3v) is 10.2. The number of nitrogens with zero attached hydrogens (tertiary/aromatic N) is 6. The summed E-state index contributed by atoms with van der Waals surface area (Å²) in [6.07, 6.45) is 3.44. The molecule has 2 atom stereocenters. The number of hydrogen-bond donors (Lipinski definition) is 5. The predicted octanol–water partition coefficient (Wildman–Crippen LogP) is 0.990. The molecule has 5 heterocycles. The number of aromatic hydroxyl groups is 2. The molecule has 0 saturated carbocycles. The fourth-order valence-corrected chi connectivity index (χ4v) is 8.15. The van der Waals surface area contributed by atoms with E-state index in [1.165, 1.54) is 46.0 Å². The Bertz CT molecular complexity index is 1840. The molecule has 6 N–H and O–H groups in total. The molecule has 2 amide bonds. The van der Waals surface area contributed by atoms with E-state index in [0.29, 0.717) is 22.1 Å². The van der Waals surface area contributed by atoms with Crippen molar-refractivity contribution in [3.05, 3.63) is 63.5 Å². The summed E-state index contributed by atoms with van der Waals surface area (Å²) in [4.78, 5) is 72.8. The average Bonchev–Trinajstić information content (AvgIpc) is 3.67. The van der Waals surface area contributed by atoms with Gasteiger partial charge >= 0.3 is 11.9 Å². The average molecular weight is 701 g/mol. The number of allylic oxidation sites excluding steroid dienone is 1. The number of phenolic OH excluding ortho intramolecular Hbond substituents is 2. The van der Waals surface area contributed by atoms with Gasteiger partial charge in [-0.3, -0.25) is 29.2 Å². The summed E-state index contributed by atoms with van der Waals surface area (Å²) >= 11 is 3.58. The number of esters is 1. The van der Waals surface area contributed by atoms with Crippen LogP contribution in [0.25, 0.3) is 0 Å². The Balaban J connectivity index is 1.13. The molecule has 0 radical (unpaired) electrons. The zero-order valence-corrected chi connectivity index (χ0v) is 26.5. The van der Waals surface area contributed by atoms with E-state index in [4.69, 9.17) is 10.5 Å². The lowest BCUT2D eigenvalue weighted by Gasteiger charge is -2.52. The van der Waals surface area contributed by atoms with Gasteiger partial charge in [0.05, 0.1) is 16.8 Å². The molecule has 1 aromatic carbocycles. The summed E-state index contributed by atoms with van der Waals surface area (Å²) in [5, 5.41) is 33.8. The maximum absolute atomic E-state index is 13.4. The Morgan fingerprint density at radius 3 is 2.74 bits per heavy atom. The summed E-state index contributed by atoms with van der Waals surface area (Å²) in [5.74, 6) is -3.63. The van der Waals surface area contributed by atoms with Crippen LogP contribution in [0.3, 0.4) is 0 Å². The lowest BCUT2D eigenvalue weighted by atomic mass is 10.0. The standard InChI is InChI=1S/C27H24N8O9S3/c1-12-4-20(35-17(29-12)6-32(31-35)11-44-26(43)13-2-3-15(37)16(38)5-13)45-8-14-9-46-24-22(23(40)34(24)21(14)25(41)42)33(19(39)7-36)18-10-47-27(28)30-18/h2-7,10,22,24,31,37-38H,8-9,11H2,1H3,(H2,28,30)(H,41,42)/t22-,24-/m1/s1. The Morgan fingerprint density at radius 1 is 1.28 bits per heavy atom. The molecule has 4 aliphatic heterocycles. The van der Waals surface area contributed by atoms with Crippen LogP contribution in [0.5, 0.6) is 11.5 Å². The zero-order chi connectivity index (χ0) is 33.6. The van der Waals surface area contributed by atoms with Crippen LogP contribution in [0, 0.1) is 0 Å². The Hall–Kier alpha value is -5.05. The third kappa shape index (κ3) is 5.98. The number of carboxylic acid groups (broad SMARTS) is 1. The van der Waals surface area contributed by atoms with E-state index in [9.17, 15) is 39.3 Å². The topological polar surface area (TPSA) is 232 Å². The van der Waals surface area contributed by atoms with Crippen molar-refractivity contribution < 1.29 is 44.0 Å². The van der Waals surface area contributed by atoms with Gasteiger partial charge in [0.25, 0.3) is 11.8 Å². The first-order valence-electron chi connectivity index (χ1n) is 13.5. The molecule has 0 aliphatic carbocycles. The Morgan fingerprint density at radius 2 is 2.06 bits per heavy atom. The number of hydrogen-bond acceptors (Lipinski definition) is 17. The number of amides is 2. The summed E-state index contributed by atoms with van der Waals surface area (Å²) in [5.41, 5.74) is 9.69. The maximum atomic E-state index is 13.4. The van der Waals surface area contributed by atoms with E-state index in [2.05, 4.69) is 15.5 Å². The van der Waals surface area contributed by atoms with Crippen LogP contribution < -0.4 is 16.2 Å². The normalized spacial score (nSPS) is 20.1. The molecule has 2 aromatic rings. The van der Waals surface area contributed by atoms with Gasteiger partial charge in [-0.15, -0.1) is 40.4 Å². The van der Waals surface area contributed by atoms with Crippen LogP contribution in [0.1, 0.15) is 17.3 Å². The van der Waals surface area contributed by atoms with Crippen molar-refractivity contribution in [2.24, 2.45) is 4.99 Å². The number of carbonyl (C=O) groups is 5. The van der Waals surface area contributed by atoms with Gasteiger partial charge in [-0.2, -0.15) is 0 Å². The fraction of sp³-hybridized carbons (Fsp3) is 0.222. The van der Waals surface area contributed by atoms with Gasteiger partial charge in [-0.05, 0) is 36.8 Å². The molecule has 17 nitrogen and oxygen atoms in total. The molecule has 20 heteroatoms. The van der Waals surface area contributed by atoms with Gasteiger partial charge < -0.3 is 25.8 Å². The van der Waals surface area contributed by atoms with Crippen LogP contribution in [0.4, 0.5) is 10.9 Å². The van der Waals surface area contributed by atoms with Crippen LogP contribution in [0.15, 0.2) is 63.0 Å². The molecule has 0 unspecified atom stereocenters. The number of thiazole rings is 1. The number of aliphatic carboxylic acids is 1. The monoisotopic (exact) mass is 700 g/mol. The molecular formula is C27H24N8O9S3. The molecule has 0 spiro atoms. The number of nitrogens with one attached hydrogen (secondary N) is 1. The highest BCUT2D eigenvalue weighted by Crippen LogP contribution is 2.45. The number of β-lactam (4-membered cyclic amide) rings is 1. The van der Waals surface area contributed by atoms with Gasteiger partial charge in [0.2, 0.25) is 6.29 Å². The highest BCUT2D eigenvalue weighted by Gasteiger charge is 2.57. The summed E-state index contributed by atoms with van der Waals surface area (Å²) in [6, 6.07) is 2.42. The summed E-state index contributed by atoms with van der Waals surface area (Å²) in [7, 11) is 0. The number of anilines is 2. The lowest BCUT2D eigenvalue weighted by molar-refractivity contribution is -0.149. The molecule has 47 heavy (non-hydrogen) atoms. The van der Waals surface area contributed by atoms with Crippen LogP contribution >= 0.6 is 34.9 Å². The second kappa shape index (κ2) is 12.6. The second-order valence-corrected chi connectivity index (χ2v) is 13.2. The zero-order valence-electron chi connectivity index (χ0n) is 24.1. The van der Waals surface area contributed by atoms with Gasteiger partial charge in [-0.25, -0.2) is 24.6 Å². The number of nitrogens with two attached hydrogens (primary N) is 1. The van der Waals surface area contributed by atoms with Crippen molar-refractivity contribution in [3.63, 3.8) is 0 Å². The SMILES string of the molecule is CC1=NC2=CN(COC(=O)c3ccc(O)c(O)c3)NN2C(SCC2=C(C(=O)O)N3C(=O)[C@@H](N(C(=O)C=O)c4csc(N)n4)[C@H]3SC2)=C1. The molecular weight excluding hydrogens is 677 g/mol.